The van der Waals surface area contributed by atoms with E-state index in [4.69, 9.17) is 0 Å². The third-order valence-electron chi connectivity index (χ3n) is 1.36. The molecule has 1 heterocycles. The van der Waals surface area contributed by atoms with Crippen molar-refractivity contribution in [1.82, 2.24) is 4.98 Å². The molecule has 3 heteroatoms. The first-order valence-electron chi connectivity index (χ1n) is 3.58. The zero-order valence-corrected chi connectivity index (χ0v) is 7.73. The highest BCUT2D eigenvalue weighted by Gasteiger charge is 2.13. The largest absolute Gasteiger partial charge is 0.291 e. The molecule has 0 saturated carbocycles. The van der Waals surface area contributed by atoms with Crippen LogP contribution in [-0.2, 0) is 0 Å². The van der Waals surface area contributed by atoms with E-state index in [-0.39, 0.29) is 11.7 Å². The summed E-state index contributed by atoms with van der Waals surface area (Å²) in [7, 11) is 0. The standard InChI is InChI=1S/C8H11NOS/c1-5(2)7(10)8-9-4-6(3)11-8/h4-5H,1-3H3. The summed E-state index contributed by atoms with van der Waals surface area (Å²) in [5.74, 6) is 0.198. The van der Waals surface area contributed by atoms with Crippen LogP contribution in [0.4, 0.5) is 0 Å². The predicted octanol–water partition coefficient (Wildman–Crippen LogP) is 2.29. The smallest absolute Gasteiger partial charge is 0.193 e. The molecule has 0 amide bonds. The minimum atomic E-state index is 0.0561. The summed E-state index contributed by atoms with van der Waals surface area (Å²) in [4.78, 5) is 16.4. The van der Waals surface area contributed by atoms with E-state index < -0.39 is 0 Å². The molecule has 1 aromatic rings. The van der Waals surface area contributed by atoms with Crippen LogP contribution in [0.3, 0.4) is 0 Å². The van der Waals surface area contributed by atoms with E-state index in [2.05, 4.69) is 4.98 Å². The molecule has 60 valence electrons. The van der Waals surface area contributed by atoms with Crippen LogP contribution in [-0.4, -0.2) is 10.8 Å². The quantitative estimate of drug-likeness (QED) is 0.636. The fourth-order valence-electron chi connectivity index (χ4n) is 0.716. The zero-order valence-electron chi connectivity index (χ0n) is 6.92. The zero-order chi connectivity index (χ0) is 8.43. The van der Waals surface area contributed by atoms with E-state index in [1.54, 1.807) is 6.20 Å². The second-order valence-corrected chi connectivity index (χ2v) is 4.03. The van der Waals surface area contributed by atoms with Crippen molar-refractivity contribution in [3.63, 3.8) is 0 Å². The van der Waals surface area contributed by atoms with Crippen molar-refractivity contribution in [3.05, 3.63) is 16.1 Å². The van der Waals surface area contributed by atoms with E-state index in [1.165, 1.54) is 11.3 Å². The van der Waals surface area contributed by atoms with Crippen LogP contribution in [0, 0.1) is 12.8 Å². The van der Waals surface area contributed by atoms with Gasteiger partial charge >= 0.3 is 0 Å². The van der Waals surface area contributed by atoms with Crippen LogP contribution in [0.15, 0.2) is 6.20 Å². The number of hydrogen-bond acceptors (Lipinski definition) is 3. The minimum Gasteiger partial charge on any atom is -0.291 e. The summed E-state index contributed by atoms with van der Waals surface area (Å²) in [6.07, 6.45) is 1.74. The fraction of sp³-hybridized carbons (Fsp3) is 0.500. The molecule has 1 rings (SSSR count). The molecule has 0 radical (unpaired) electrons. The van der Waals surface area contributed by atoms with Crippen molar-refractivity contribution < 1.29 is 4.79 Å². The van der Waals surface area contributed by atoms with Crippen LogP contribution >= 0.6 is 11.3 Å². The molecule has 2 nitrogen and oxygen atoms in total. The molecule has 0 aliphatic rings. The maximum absolute atomic E-state index is 11.3. The lowest BCUT2D eigenvalue weighted by atomic mass is 10.1. The van der Waals surface area contributed by atoms with Gasteiger partial charge in [-0.3, -0.25) is 4.79 Å². The van der Waals surface area contributed by atoms with Crippen LogP contribution in [0.25, 0.3) is 0 Å². The van der Waals surface area contributed by atoms with Crippen molar-refractivity contribution in [2.24, 2.45) is 5.92 Å². The first kappa shape index (κ1) is 8.40. The number of nitrogens with zero attached hydrogens (tertiary/aromatic N) is 1. The Morgan fingerprint density at radius 1 is 1.64 bits per heavy atom. The summed E-state index contributed by atoms with van der Waals surface area (Å²) >= 11 is 1.46. The number of aromatic nitrogens is 1. The molecule has 0 spiro atoms. The first-order chi connectivity index (χ1) is 5.11. The average Bonchev–Trinajstić information content (AvgIpc) is 2.34. The SMILES string of the molecule is Cc1cnc(C(=O)C(C)C)s1. The number of Topliss-reactive ketones (excluding diaryl/α,β-unsaturated/α-hetero) is 1. The Bertz CT molecular complexity index is 265. The highest BCUT2D eigenvalue weighted by molar-refractivity contribution is 7.13. The van der Waals surface area contributed by atoms with E-state index in [0.717, 1.165) is 4.88 Å². The number of carbonyl (C=O) groups excluding carboxylic acids is 1. The number of thiazole rings is 1. The molecule has 0 aromatic carbocycles. The Hall–Kier alpha value is -0.700. The number of rotatable bonds is 2. The van der Waals surface area contributed by atoms with Crippen molar-refractivity contribution >= 4 is 17.1 Å². The number of carbonyl (C=O) groups is 1. The Morgan fingerprint density at radius 2 is 2.27 bits per heavy atom. The van der Waals surface area contributed by atoms with Gasteiger partial charge in [0, 0.05) is 17.0 Å². The number of ketones is 1. The van der Waals surface area contributed by atoms with Crippen molar-refractivity contribution in [1.29, 1.82) is 0 Å². The van der Waals surface area contributed by atoms with Gasteiger partial charge in [0.2, 0.25) is 0 Å². The van der Waals surface area contributed by atoms with Gasteiger partial charge < -0.3 is 0 Å². The Labute approximate surface area is 70.3 Å². The van der Waals surface area contributed by atoms with E-state index in [0.29, 0.717) is 5.01 Å². The monoisotopic (exact) mass is 169 g/mol. The van der Waals surface area contributed by atoms with E-state index in [1.807, 2.05) is 20.8 Å². The van der Waals surface area contributed by atoms with Crippen LogP contribution in [0.1, 0.15) is 28.5 Å². The van der Waals surface area contributed by atoms with Crippen LogP contribution < -0.4 is 0 Å². The van der Waals surface area contributed by atoms with Gasteiger partial charge in [0.25, 0.3) is 0 Å². The third kappa shape index (κ3) is 1.87. The molecule has 1 aromatic heterocycles. The summed E-state index contributed by atoms with van der Waals surface area (Å²) in [5.41, 5.74) is 0. The second kappa shape index (κ2) is 3.13. The molecule has 0 fully saturated rings. The van der Waals surface area contributed by atoms with E-state index >= 15 is 0 Å². The number of aryl methyl sites for hydroxylation is 1. The lowest BCUT2D eigenvalue weighted by Crippen LogP contribution is -2.06. The fourth-order valence-corrected chi connectivity index (χ4v) is 1.57. The third-order valence-corrected chi connectivity index (χ3v) is 2.28. The van der Waals surface area contributed by atoms with Gasteiger partial charge in [-0.1, -0.05) is 13.8 Å². The summed E-state index contributed by atoms with van der Waals surface area (Å²) in [6, 6.07) is 0. The molecule has 0 saturated heterocycles. The second-order valence-electron chi connectivity index (χ2n) is 2.80. The summed E-state index contributed by atoms with van der Waals surface area (Å²) in [5, 5.41) is 0.637. The molecule has 11 heavy (non-hydrogen) atoms. The predicted molar refractivity (Wildman–Crippen MR) is 46.0 cm³/mol. The molecule has 0 bridgehead atoms. The van der Waals surface area contributed by atoms with Gasteiger partial charge in [0.1, 0.15) is 0 Å². The lowest BCUT2D eigenvalue weighted by Gasteiger charge is -1.97. The molecule has 0 aliphatic heterocycles. The topological polar surface area (TPSA) is 30.0 Å². The normalized spacial score (nSPS) is 10.5. The molecule has 0 N–H and O–H groups in total. The minimum absolute atomic E-state index is 0.0561. The molecule has 0 aliphatic carbocycles. The van der Waals surface area contributed by atoms with Gasteiger partial charge in [-0.05, 0) is 6.92 Å². The lowest BCUT2D eigenvalue weighted by molar-refractivity contribution is 0.0939. The average molecular weight is 169 g/mol. The van der Waals surface area contributed by atoms with Crippen molar-refractivity contribution in [3.8, 4) is 0 Å². The maximum Gasteiger partial charge on any atom is 0.193 e. The van der Waals surface area contributed by atoms with Gasteiger partial charge in [-0.2, -0.15) is 0 Å². The molecule has 0 atom stereocenters. The van der Waals surface area contributed by atoms with Crippen LogP contribution in [0.2, 0.25) is 0 Å². The molecular weight excluding hydrogens is 158 g/mol. The Balaban J connectivity index is 2.85. The highest BCUT2D eigenvalue weighted by Crippen LogP contribution is 2.14. The van der Waals surface area contributed by atoms with Gasteiger partial charge in [0.15, 0.2) is 10.8 Å². The highest BCUT2D eigenvalue weighted by atomic mass is 32.1. The Morgan fingerprint density at radius 3 is 2.64 bits per heavy atom. The summed E-state index contributed by atoms with van der Waals surface area (Å²) < 4.78 is 0. The van der Waals surface area contributed by atoms with Gasteiger partial charge in [0.05, 0.1) is 0 Å². The van der Waals surface area contributed by atoms with E-state index in [9.17, 15) is 4.79 Å². The van der Waals surface area contributed by atoms with Gasteiger partial charge in [-0.15, -0.1) is 11.3 Å². The number of hydrogen-bond donors (Lipinski definition) is 0. The maximum atomic E-state index is 11.3. The molecule has 0 unspecified atom stereocenters. The van der Waals surface area contributed by atoms with Crippen molar-refractivity contribution in [2.75, 3.05) is 0 Å². The molecular formula is C8H11NOS. The summed E-state index contributed by atoms with van der Waals surface area (Å²) in [6.45, 7) is 5.73. The first-order valence-corrected chi connectivity index (χ1v) is 4.39. The van der Waals surface area contributed by atoms with Gasteiger partial charge in [-0.25, -0.2) is 4.98 Å². The van der Waals surface area contributed by atoms with Crippen LogP contribution in [0.5, 0.6) is 0 Å². The van der Waals surface area contributed by atoms with Crippen molar-refractivity contribution in [2.45, 2.75) is 20.8 Å². The Kier molecular flexibility index (Phi) is 2.39.